The van der Waals surface area contributed by atoms with Crippen LogP contribution in [-0.2, 0) is 24.2 Å². The molecule has 0 saturated heterocycles. The van der Waals surface area contributed by atoms with E-state index in [9.17, 15) is 9.59 Å². The van der Waals surface area contributed by atoms with E-state index in [1.54, 1.807) is 6.07 Å². The minimum atomic E-state index is -0.341. The molecule has 0 fully saturated rings. The number of hydrogen-bond donors (Lipinski definition) is 2. The number of aromatic amines is 2. The van der Waals surface area contributed by atoms with E-state index in [4.69, 9.17) is 17.0 Å². The number of hydrogen-bond acceptors (Lipinski definition) is 5. The summed E-state index contributed by atoms with van der Waals surface area (Å²) in [5, 5.41) is 0. The average Bonchev–Trinajstić information content (AvgIpc) is 2.54. The van der Waals surface area contributed by atoms with Gasteiger partial charge in [-0.3, -0.25) is 14.7 Å². The number of ether oxygens (including phenoxy) is 1. The molecule has 0 bridgehead atoms. The Bertz CT molecular complexity index is 856. The van der Waals surface area contributed by atoms with Crippen LogP contribution in [0.4, 0.5) is 0 Å². The molecule has 23 heavy (non-hydrogen) atoms. The molecule has 120 valence electrons. The molecule has 0 saturated carbocycles. The minimum absolute atomic E-state index is 0.101. The first-order valence-corrected chi connectivity index (χ1v) is 7.71. The van der Waals surface area contributed by atoms with Crippen molar-refractivity contribution in [2.75, 3.05) is 13.7 Å². The first kappa shape index (κ1) is 15.6. The fourth-order valence-corrected chi connectivity index (χ4v) is 3.05. The molecular weight excluding hydrogens is 314 g/mol. The van der Waals surface area contributed by atoms with Crippen LogP contribution < -0.4 is 5.56 Å². The third-order valence-electron chi connectivity index (χ3n) is 3.94. The van der Waals surface area contributed by atoms with Crippen LogP contribution >= 0.6 is 12.2 Å². The lowest BCUT2D eigenvalue weighted by atomic mass is 10.0. The Kier molecular flexibility index (Phi) is 4.40. The Morgan fingerprint density at radius 2 is 2.22 bits per heavy atom. The van der Waals surface area contributed by atoms with E-state index in [2.05, 4.69) is 14.9 Å². The summed E-state index contributed by atoms with van der Waals surface area (Å²) >= 11 is 5.03. The highest BCUT2D eigenvalue weighted by Crippen LogP contribution is 2.17. The Hall–Kier alpha value is -2.25. The summed E-state index contributed by atoms with van der Waals surface area (Å²) in [6, 6.07) is 7.39. The van der Waals surface area contributed by atoms with Crippen LogP contribution in [0.25, 0.3) is 0 Å². The van der Waals surface area contributed by atoms with Gasteiger partial charge in [0.15, 0.2) is 4.77 Å². The maximum absolute atomic E-state index is 11.9. The Morgan fingerprint density at radius 1 is 1.39 bits per heavy atom. The van der Waals surface area contributed by atoms with Crippen LogP contribution in [0.3, 0.4) is 0 Å². The monoisotopic (exact) mass is 331 g/mol. The van der Waals surface area contributed by atoms with E-state index in [1.165, 1.54) is 7.11 Å². The molecule has 0 aliphatic carbocycles. The van der Waals surface area contributed by atoms with Crippen LogP contribution in [-0.4, -0.2) is 34.5 Å². The van der Waals surface area contributed by atoms with Gasteiger partial charge < -0.3 is 9.72 Å². The Morgan fingerprint density at radius 3 is 3.00 bits per heavy atom. The van der Waals surface area contributed by atoms with Crippen molar-refractivity contribution in [1.29, 1.82) is 0 Å². The zero-order valence-corrected chi connectivity index (χ0v) is 13.5. The second-order valence-corrected chi connectivity index (χ2v) is 5.93. The first-order valence-electron chi connectivity index (χ1n) is 7.31. The second-order valence-electron chi connectivity index (χ2n) is 5.52. The van der Waals surface area contributed by atoms with Crippen LogP contribution in [0, 0.1) is 4.77 Å². The summed E-state index contributed by atoms with van der Waals surface area (Å²) in [6.07, 6.45) is 0.674. The zero-order valence-electron chi connectivity index (χ0n) is 12.7. The normalized spacial score (nSPS) is 14.3. The third kappa shape index (κ3) is 3.40. The zero-order chi connectivity index (χ0) is 16.4. The van der Waals surface area contributed by atoms with Gasteiger partial charge in [0.1, 0.15) is 0 Å². The highest BCUT2D eigenvalue weighted by atomic mass is 32.1. The molecule has 0 unspecified atom stereocenters. The smallest absolute Gasteiger partial charge is 0.337 e. The van der Waals surface area contributed by atoms with Crippen molar-refractivity contribution in [3.63, 3.8) is 0 Å². The SMILES string of the molecule is COC(=O)c1cccc(CN2CCc3c([nH]c(=S)[nH]c3=O)C2)c1. The maximum atomic E-state index is 11.9. The lowest BCUT2D eigenvalue weighted by Crippen LogP contribution is -2.34. The summed E-state index contributed by atoms with van der Waals surface area (Å²) in [7, 11) is 1.37. The Balaban J connectivity index is 1.79. The quantitative estimate of drug-likeness (QED) is 0.662. The number of nitrogens with zero attached hydrogens (tertiary/aromatic N) is 1. The molecule has 0 spiro atoms. The highest BCUT2D eigenvalue weighted by Gasteiger charge is 2.19. The largest absolute Gasteiger partial charge is 0.465 e. The minimum Gasteiger partial charge on any atom is -0.465 e. The van der Waals surface area contributed by atoms with Gasteiger partial charge in [-0.15, -0.1) is 0 Å². The van der Waals surface area contributed by atoms with E-state index in [0.29, 0.717) is 29.8 Å². The average molecular weight is 331 g/mol. The van der Waals surface area contributed by atoms with E-state index < -0.39 is 0 Å². The fourth-order valence-electron chi connectivity index (χ4n) is 2.84. The number of nitrogens with one attached hydrogen (secondary N) is 2. The number of benzene rings is 1. The molecule has 2 N–H and O–H groups in total. The molecule has 1 aromatic carbocycles. The van der Waals surface area contributed by atoms with Gasteiger partial charge in [0.25, 0.3) is 5.56 Å². The van der Waals surface area contributed by atoms with Gasteiger partial charge >= 0.3 is 5.97 Å². The van der Waals surface area contributed by atoms with Crippen LogP contribution in [0.2, 0.25) is 0 Å². The molecular formula is C16H17N3O3S. The second kappa shape index (κ2) is 6.47. The summed E-state index contributed by atoms with van der Waals surface area (Å²) in [5.74, 6) is -0.341. The summed E-state index contributed by atoms with van der Waals surface area (Å²) < 4.78 is 5.10. The predicted octanol–water partition coefficient (Wildman–Crippen LogP) is 1.78. The fraction of sp³-hybridized carbons (Fsp3) is 0.312. The van der Waals surface area contributed by atoms with Crippen molar-refractivity contribution < 1.29 is 9.53 Å². The van der Waals surface area contributed by atoms with Gasteiger partial charge in [-0.1, -0.05) is 12.1 Å². The molecule has 6 nitrogen and oxygen atoms in total. The van der Waals surface area contributed by atoms with E-state index in [1.807, 2.05) is 18.2 Å². The third-order valence-corrected chi connectivity index (χ3v) is 4.15. The van der Waals surface area contributed by atoms with Gasteiger partial charge in [0.05, 0.1) is 12.7 Å². The molecule has 1 aliphatic rings. The number of methoxy groups -OCH3 is 1. The predicted molar refractivity (Wildman–Crippen MR) is 87.8 cm³/mol. The van der Waals surface area contributed by atoms with Gasteiger partial charge in [0, 0.05) is 30.9 Å². The van der Waals surface area contributed by atoms with Crippen molar-refractivity contribution in [3.05, 3.63) is 61.8 Å². The van der Waals surface area contributed by atoms with Crippen molar-refractivity contribution in [3.8, 4) is 0 Å². The van der Waals surface area contributed by atoms with E-state index >= 15 is 0 Å². The van der Waals surface area contributed by atoms with Crippen molar-refractivity contribution >= 4 is 18.2 Å². The number of carbonyl (C=O) groups excluding carboxylic acids is 1. The van der Waals surface area contributed by atoms with Gasteiger partial charge in [-0.2, -0.15) is 0 Å². The summed E-state index contributed by atoms with van der Waals surface area (Å²) in [6.45, 7) is 2.10. The van der Waals surface area contributed by atoms with Crippen molar-refractivity contribution in [2.24, 2.45) is 0 Å². The molecule has 0 atom stereocenters. The topological polar surface area (TPSA) is 78.2 Å². The molecule has 1 aromatic heterocycles. The van der Waals surface area contributed by atoms with Crippen molar-refractivity contribution in [1.82, 2.24) is 14.9 Å². The van der Waals surface area contributed by atoms with E-state index in [-0.39, 0.29) is 11.5 Å². The Labute approximate surface area is 138 Å². The van der Waals surface area contributed by atoms with Crippen LogP contribution in [0.1, 0.15) is 27.2 Å². The van der Waals surface area contributed by atoms with Gasteiger partial charge in [-0.25, -0.2) is 4.79 Å². The summed E-state index contributed by atoms with van der Waals surface area (Å²) in [5.41, 5.74) is 3.11. The highest BCUT2D eigenvalue weighted by molar-refractivity contribution is 7.71. The van der Waals surface area contributed by atoms with Gasteiger partial charge in [-0.05, 0) is 36.3 Å². The number of aromatic nitrogens is 2. The standard InChI is InChI=1S/C16H17N3O3S/c1-22-15(21)11-4-2-3-10(7-11)8-19-6-5-12-13(9-19)17-16(23)18-14(12)20/h2-4,7H,5-6,8-9H2,1H3,(H2,17,18,20,23). The maximum Gasteiger partial charge on any atom is 0.337 e. The lowest BCUT2D eigenvalue weighted by Gasteiger charge is -2.27. The molecule has 0 radical (unpaired) electrons. The van der Waals surface area contributed by atoms with E-state index in [0.717, 1.165) is 23.4 Å². The number of rotatable bonds is 3. The molecule has 0 amide bonds. The number of H-pyrrole nitrogens is 2. The van der Waals surface area contributed by atoms with Crippen molar-refractivity contribution in [2.45, 2.75) is 19.5 Å². The molecule has 7 heteroatoms. The number of carbonyl (C=O) groups is 1. The molecule has 1 aliphatic heterocycles. The van der Waals surface area contributed by atoms with Gasteiger partial charge in [0.2, 0.25) is 0 Å². The molecule has 3 rings (SSSR count). The van der Waals surface area contributed by atoms with Crippen LogP contribution in [0.15, 0.2) is 29.1 Å². The van der Waals surface area contributed by atoms with Crippen LogP contribution in [0.5, 0.6) is 0 Å². The first-order chi connectivity index (χ1) is 11.1. The lowest BCUT2D eigenvalue weighted by molar-refractivity contribution is 0.0600. The molecule has 2 aromatic rings. The number of esters is 1. The summed E-state index contributed by atoms with van der Waals surface area (Å²) in [4.78, 5) is 31.4. The number of fused-ring (bicyclic) bond motifs is 1. The molecule has 2 heterocycles.